The van der Waals surface area contributed by atoms with Gasteiger partial charge in [0.2, 0.25) is 0 Å². The van der Waals surface area contributed by atoms with Crippen molar-refractivity contribution >= 4 is 5.71 Å². The number of rotatable bonds is 6. The van der Waals surface area contributed by atoms with E-state index in [2.05, 4.69) is 19.0 Å². The monoisotopic (exact) mass is 183 g/mol. The zero-order chi connectivity index (χ0) is 9.52. The largest absolute Gasteiger partial charge is 0.392 e. The van der Waals surface area contributed by atoms with Gasteiger partial charge < -0.3 is 4.84 Å². The first-order valence-corrected chi connectivity index (χ1v) is 5.58. The lowest BCUT2D eigenvalue weighted by Crippen LogP contribution is -2.07. The maximum absolute atomic E-state index is 5.35. The van der Waals surface area contributed by atoms with E-state index in [4.69, 9.17) is 4.84 Å². The van der Waals surface area contributed by atoms with Crippen LogP contribution in [0.15, 0.2) is 5.16 Å². The topological polar surface area (TPSA) is 21.6 Å². The van der Waals surface area contributed by atoms with E-state index in [1.54, 1.807) is 0 Å². The van der Waals surface area contributed by atoms with E-state index in [1.807, 2.05) is 0 Å². The van der Waals surface area contributed by atoms with Crippen LogP contribution in [-0.4, -0.2) is 11.8 Å². The summed E-state index contributed by atoms with van der Waals surface area (Å²) in [6, 6.07) is 0. The van der Waals surface area contributed by atoms with E-state index in [1.165, 1.54) is 37.8 Å². The SMILES string of the molecule is CCCCC1=NOC(CCCC)C1. The third-order valence-corrected chi connectivity index (χ3v) is 2.49. The molecule has 0 aliphatic carbocycles. The summed E-state index contributed by atoms with van der Waals surface area (Å²) in [5.41, 5.74) is 1.28. The Morgan fingerprint density at radius 3 is 2.77 bits per heavy atom. The van der Waals surface area contributed by atoms with Gasteiger partial charge in [-0.25, -0.2) is 0 Å². The highest BCUT2D eigenvalue weighted by Crippen LogP contribution is 2.18. The Morgan fingerprint density at radius 2 is 2.08 bits per heavy atom. The Morgan fingerprint density at radius 1 is 1.31 bits per heavy atom. The Kier molecular flexibility index (Phi) is 4.87. The summed E-state index contributed by atoms with van der Waals surface area (Å²) in [5.74, 6) is 0. The van der Waals surface area contributed by atoms with Crippen molar-refractivity contribution in [2.45, 2.75) is 64.9 Å². The van der Waals surface area contributed by atoms with Gasteiger partial charge in [-0.15, -0.1) is 0 Å². The predicted octanol–water partition coefficient (Wildman–Crippen LogP) is 3.51. The molecule has 0 aromatic carbocycles. The quantitative estimate of drug-likeness (QED) is 0.617. The van der Waals surface area contributed by atoms with Crippen molar-refractivity contribution in [2.24, 2.45) is 5.16 Å². The average Bonchev–Trinajstić information content (AvgIpc) is 2.59. The molecule has 1 aliphatic rings. The molecule has 0 aromatic rings. The highest BCUT2D eigenvalue weighted by atomic mass is 16.6. The normalized spacial score (nSPS) is 21.4. The van der Waals surface area contributed by atoms with Gasteiger partial charge in [-0.1, -0.05) is 31.8 Å². The smallest absolute Gasteiger partial charge is 0.132 e. The first-order chi connectivity index (χ1) is 6.36. The van der Waals surface area contributed by atoms with Gasteiger partial charge in [0, 0.05) is 6.42 Å². The summed E-state index contributed by atoms with van der Waals surface area (Å²) in [5, 5.41) is 4.12. The second-order valence-electron chi connectivity index (χ2n) is 3.83. The number of unbranched alkanes of at least 4 members (excludes halogenated alkanes) is 2. The van der Waals surface area contributed by atoms with Crippen molar-refractivity contribution in [3.8, 4) is 0 Å². The fraction of sp³-hybridized carbons (Fsp3) is 0.909. The second kappa shape index (κ2) is 6.01. The van der Waals surface area contributed by atoms with Crippen LogP contribution in [-0.2, 0) is 4.84 Å². The van der Waals surface area contributed by atoms with E-state index in [0.717, 1.165) is 12.8 Å². The highest BCUT2D eigenvalue weighted by Gasteiger charge is 2.19. The van der Waals surface area contributed by atoms with Crippen LogP contribution in [0.2, 0.25) is 0 Å². The number of nitrogens with zero attached hydrogens (tertiary/aromatic N) is 1. The second-order valence-corrected chi connectivity index (χ2v) is 3.83. The van der Waals surface area contributed by atoms with Gasteiger partial charge in [-0.05, 0) is 25.7 Å². The van der Waals surface area contributed by atoms with Crippen molar-refractivity contribution in [2.75, 3.05) is 0 Å². The van der Waals surface area contributed by atoms with Crippen molar-refractivity contribution in [1.29, 1.82) is 0 Å². The molecule has 0 aromatic heterocycles. The van der Waals surface area contributed by atoms with Crippen LogP contribution < -0.4 is 0 Å². The van der Waals surface area contributed by atoms with Crippen LogP contribution in [0.4, 0.5) is 0 Å². The minimum atomic E-state index is 0.395. The van der Waals surface area contributed by atoms with Crippen molar-refractivity contribution < 1.29 is 4.84 Å². The van der Waals surface area contributed by atoms with Crippen molar-refractivity contribution in [3.05, 3.63) is 0 Å². The molecule has 0 radical (unpaired) electrons. The van der Waals surface area contributed by atoms with Gasteiger partial charge >= 0.3 is 0 Å². The molecule has 76 valence electrons. The predicted molar refractivity (Wildman–Crippen MR) is 56.0 cm³/mol. The van der Waals surface area contributed by atoms with Gasteiger partial charge in [-0.3, -0.25) is 0 Å². The molecule has 2 nitrogen and oxygen atoms in total. The molecule has 0 saturated heterocycles. The maximum atomic E-state index is 5.35. The van der Waals surface area contributed by atoms with Crippen LogP contribution in [0, 0.1) is 0 Å². The standard InChI is InChI=1S/C11H21NO/c1-3-5-7-10-9-11(13-12-10)8-6-4-2/h11H,3-9H2,1-2H3. The molecule has 0 spiro atoms. The molecule has 0 amide bonds. The van der Waals surface area contributed by atoms with E-state index < -0.39 is 0 Å². The van der Waals surface area contributed by atoms with Crippen LogP contribution in [0.3, 0.4) is 0 Å². The third kappa shape index (κ3) is 3.79. The zero-order valence-electron chi connectivity index (χ0n) is 8.88. The number of hydrogen-bond donors (Lipinski definition) is 0. The fourth-order valence-corrected chi connectivity index (χ4v) is 1.60. The van der Waals surface area contributed by atoms with E-state index in [0.29, 0.717) is 6.10 Å². The van der Waals surface area contributed by atoms with Gasteiger partial charge in [-0.2, -0.15) is 0 Å². The molecule has 0 fully saturated rings. The summed E-state index contributed by atoms with van der Waals surface area (Å²) >= 11 is 0. The van der Waals surface area contributed by atoms with Crippen molar-refractivity contribution in [1.82, 2.24) is 0 Å². The van der Waals surface area contributed by atoms with E-state index >= 15 is 0 Å². The lowest BCUT2D eigenvalue weighted by Gasteiger charge is -2.05. The summed E-state index contributed by atoms with van der Waals surface area (Å²) in [6.45, 7) is 4.43. The molecule has 0 saturated carbocycles. The van der Waals surface area contributed by atoms with Crippen LogP contribution in [0.5, 0.6) is 0 Å². The minimum absolute atomic E-state index is 0.395. The molecule has 1 unspecified atom stereocenters. The Bertz CT molecular complexity index is 165. The molecule has 2 heteroatoms. The Labute approximate surface area is 81.3 Å². The molecule has 1 atom stereocenters. The summed E-state index contributed by atoms with van der Waals surface area (Å²) in [4.78, 5) is 5.35. The maximum Gasteiger partial charge on any atom is 0.132 e. The lowest BCUT2D eigenvalue weighted by molar-refractivity contribution is 0.0774. The fourth-order valence-electron chi connectivity index (χ4n) is 1.60. The molecule has 1 heterocycles. The summed E-state index contributed by atoms with van der Waals surface area (Å²) < 4.78 is 0. The molecular weight excluding hydrogens is 162 g/mol. The first kappa shape index (κ1) is 10.6. The van der Waals surface area contributed by atoms with E-state index in [9.17, 15) is 0 Å². The van der Waals surface area contributed by atoms with Crippen LogP contribution in [0.25, 0.3) is 0 Å². The van der Waals surface area contributed by atoms with Crippen molar-refractivity contribution in [3.63, 3.8) is 0 Å². The van der Waals surface area contributed by atoms with E-state index in [-0.39, 0.29) is 0 Å². The molecule has 0 bridgehead atoms. The molecule has 13 heavy (non-hydrogen) atoms. The zero-order valence-corrected chi connectivity index (χ0v) is 8.88. The van der Waals surface area contributed by atoms with Crippen LogP contribution in [0.1, 0.15) is 58.8 Å². The summed E-state index contributed by atoms with van der Waals surface area (Å²) in [6.07, 6.45) is 8.81. The lowest BCUT2D eigenvalue weighted by atomic mass is 10.0. The van der Waals surface area contributed by atoms with Gasteiger partial charge in [0.1, 0.15) is 6.10 Å². The number of hydrogen-bond acceptors (Lipinski definition) is 2. The third-order valence-electron chi connectivity index (χ3n) is 2.49. The Hall–Kier alpha value is -0.530. The van der Waals surface area contributed by atoms with Gasteiger partial charge in [0.25, 0.3) is 0 Å². The molecule has 0 N–H and O–H groups in total. The average molecular weight is 183 g/mol. The van der Waals surface area contributed by atoms with Gasteiger partial charge in [0.15, 0.2) is 0 Å². The molecular formula is C11H21NO. The highest BCUT2D eigenvalue weighted by molar-refractivity contribution is 5.85. The molecule has 1 rings (SSSR count). The Balaban J connectivity index is 2.10. The minimum Gasteiger partial charge on any atom is -0.392 e. The van der Waals surface area contributed by atoms with Crippen LogP contribution >= 0.6 is 0 Å². The number of oxime groups is 1. The summed E-state index contributed by atoms with van der Waals surface area (Å²) in [7, 11) is 0. The molecule has 1 aliphatic heterocycles. The van der Waals surface area contributed by atoms with Gasteiger partial charge in [0.05, 0.1) is 5.71 Å². The first-order valence-electron chi connectivity index (χ1n) is 5.58.